The largest absolute Gasteiger partial charge is 0.494 e. The Bertz CT molecular complexity index is 1100. The number of rotatable bonds is 7. The van der Waals surface area contributed by atoms with Crippen LogP contribution in [-0.2, 0) is 4.79 Å². The van der Waals surface area contributed by atoms with Crippen LogP contribution in [0.3, 0.4) is 0 Å². The van der Waals surface area contributed by atoms with E-state index in [4.69, 9.17) is 14.8 Å². The molecule has 0 aliphatic rings. The number of aromatic nitrogens is 2. The molecule has 4 aromatic rings. The smallest absolute Gasteiger partial charge is 0.303 e. The van der Waals surface area contributed by atoms with Gasteiger partial charge in [0.2, 0.25) is 0 Å². The van der Waals surface area contributed by atoms with Gasteiger partial charge in [0.05, 0.1) is 17.6 Å². The summed E-state index contributed by atoms with van der Waals surface area (Å²) < 4.78 is 7.91. The van der Waals surface area contributed by atoms with Crippen molar-refractivity contribution in [3.63, 3.8) is 0 Å². The monoisotopic (exact) mass is 392 g/mol. The number of carboxylic acid groups (broad SMARTS) is 1. The molecule has 0 fully saturated rings. The van der Waals surface area contributed by atoms with Gasteiger partial charge < -0.3 is 9.84 Å². The van der Waals surface area contributed by atoms with Crippen LogP contribution in [0.5, 0.6) is 5.75 Å². The third-order valence-electron chi connectivity index (χ3n) is 4.50. The molecular weight excluding hydrogens is 372 g/mol. The minimum Gasteiger partial charge on any atom is -0.494 e. The highest BCUT2D eigenvalue weighted by molar-refractivity contribution is 7.08. The van der Waals surface area contributed by atoms with Gasteiger partial charge in [-0.15, -0.1) is 0 Å². The zero-order valence-corrected chi connectivity index (χ0v) is 16.3. The van der Waals surface area contributed by atoms with E-state index in [2.05, 4.69) is 47.2 Å². The molecule has 0 saturated carbocycles. The maximum atomic E-state index is 10.7. The molecule has 0 aliphatic carbocycles. The normalized spacial score (nSPS) is 11.0. The van der Waals surface area contributed by atoms with Crippen molar-refractivity contribution in [2.45, 2.75) is 19.8 Å². The van der Waals surface area contributed by atoms with E-state index in [9.17, 15) is 4.79 Å². The van der Waals surface area contributed by atoms with E-state index in [1.165, 1.54) is 5.56 Å². The highest BCUT2D eigenvalue weighted by Crippen LogP contribution is 2.32. The first-order chi connectivity index (χ1) is 13.6. The van der Waals surface area contributed by atoms with Crippen LogP contribution in [0.4, 0.5) is 0 Å². The number of imidazole rings is 1. The Morgan fingerprint density at radius 3 is 2.71 bits per heavy atom. The molecule has 142 valence electrons. The Morgan fingerprint density at radius 2 is 2.00 bits per heavy atom. The van der Waals surface area contributed by atoms with Gasteiger partial charge in [0.25, 0.3) is 0 Å². The van der Waals surface area contributed by atoms with E-state index in [0.717, 1.165) is 28.1 Å². The van der Waals surface area contributed by atoms with Gasteiger partial charge in [-0.2, -0.15) is 11.3 Å². The minimum atomic E-state index is -0.808. The number of aliphatic carboxylic acids is 1. The van der Waals surface area contributed by atoms with Crippen molar-refractivity contribution in [2.24, 2.45) is 0 Å². The van der Waals surface area contributed by atoms with Crippen LogP contribution >= 0.6 is 11.3 Å². The summed E-state index contributed by atoms with van der Waals surface area (Å²) in [6, 6.07) is 16.2. The number of ether oxygens (including phenoxy) is 1. The van der Waals surface area contributed by atoms with Crippen molar-refractivity contribution in [1.82, 2.24) is 9.55 Å². The Morgan fingerprint density at radius 1 is 1.18 bits per heavy atom. The lowest BCUT2D eigenvalue weighted by Gasteiger charge is -2.10. The lowest BCUT2D eigenvalue weighted by molar-refractivity contribution is -0.137. The lowest BCUT2D eigenvalue weighted by Crippen LogP contribution is -2.02. The standard InChI is InChI=1S/C22H20N2O3S/c1-15-4-6-17(7-5-15)24-20-13-18(27-11-2-3-21(25)26)8-9-19(20)23-22(24)16-10-12-28-14-16/h4-10,12-14H,2-3,11H2,1H3,(H,25,26). The van der Waals surface area contributed by atoms with E-state index in [1.54, 1.807) is 11.3 Å². The first kappa shape index (κ1) is 18.3. The molecule has 0 amide bonds. The van der Waals surface area contributed by atoms with Gasteiger partial charge in [-0.25, -0.2) is 4.98 Å². The number of hydrogen-bond acceptors (Lipinski definition) is 4. The number of benzene rings is 2. The molecule has 0 saturated heterocycles. The topological polar surface area (TPSA) is 64.4 Å². The van der Waals surface area contributed by atoms with Crippen LogP contribution < -0.4 is 4.74 Å². The summed E-state index contributed by atoms with van der Waals surface area (Å²) in [6.45, 7) is 2.44. The van der Waals surface area contributed by atoms with Crippen molar-refractivity contribution < 1.29 is 14.6 Å². The average Bonchev–Trinajstić information content (AvgIpc) is 3.33. The van der Waals surface area contributed by atoms with Gasteiger partial charge in [0.1, 0.15) is 11.6 Å². The number of carbonyl (C=O) groups is 1. The van der Waals surface area contributed by atoms with Gasteiger partial charge in [-0.1, -0.05) is 17.7 Å². The summed E-state index contributed by atoms with van der Waals surface area (Å²) in [5, 5.41) is 12.9. The Hall–Kier alpha value is -3.12. The molecule has 0 bridgehead atoms. The fraction of sp³-hybridized carbons (Fsp3) is 0.182. The van der Waals surface area contributed by atoms with E-state index < -0.39 is 5.97 Å². The van der Waals surface area contributed by atoms with Crippen LogP contribution in [0.2, 0.25) is 0 Å². The first-order valence-corrected chi connectivity index (χ1v) is 10.0. The molecule has 0 aliphatic heterocycles. The van der Waals surface area contributed by atoms with Gasteiger partial charge in [-0.05, 0) is 49.1 Å². The third kappa shape index (κ3) is 3.77. The summed E-state index contributed by atoms with van der Waals surface area (Å²) in [4.78, 5) is 15.5. The average molecular weight is 392 g/mol. The molecule has 0 radical (unpaired) electrons. The van der Waals surface area contributed by atoms with Crippen LogP contribution in [0.25, 0.3) is 28.1 Å². The van der Waals surface area contributed by atoms with Gasteiger partial charge in [-0.3, -0.25) is 9.36 Å². The number of carboxylic acids is 1. The zero-order chi connectivity index (χ0) is 19.5. The number of fused-ring (bicyclic) bond motifs is 1. The van der Waals surface area contributed by atoms with Gasteiger partial charge in [0, 0.05) is 29.1 Å². The molecular formula is C22H20N2O3S. The second kappa shape index (κ2) is 7.86. The highest BCUT2D eigenvalue weighted by atomic mass is 32.1. The third-order valence-corrected chi connectivity index (χ3v) is 5.18. The number of thiophene rings is 1. The Balaban J connectivity index is 1.75. The fourth-order valence-corrected chi connectivity index (χ4v) is 3.73. The molecule has 6 heteroatoms. The van der Waals surface area contributed by atoms with E-state index in [0.29, 0.717) is 18.8 Å². The van der Waals surface area contributed by atoms with Crippen molar-refractivity contribution >= 4 is 28.3 Å². The summed E-state index contributed by atoms with van der Waals surface area (Å²) in [5.74, 6) is 0.794. The molecule has 28 heavy (non-hydrogen) atoms. The van der Waals surface area contributed by atoms with Crippen molar-refractivity contribution in [3.05, 3.63) is 64.9 Å². The zero-order valence-electron chi connectivity index (χ0n) is 15.5. The molecule has 2 heterocycles. The van der Waals surface area contributed by atoms with Gasteiger partial charge >= 0.3 is 5.97 Å². The quantitative estimate of drug-likeness (QED) is 0.433. The van der Waals surface area contributed by atoms with Crippen LogP contribution in [0.1, 0.15) is 18.4 Å². The van der Waals surface area contributed by atoms with Crippen LogP contribution in [0.15, 0.2) is 59.3 Å². The maximum absolute atomic E-state index is 10.7. The Kier molecular flexibility index (Phi) is 5.12. The predicted molar refractivity (Wildman–Crippen MR) is 111 cm³/mol. The van der Waals surface area contributed by atoms with Crippen LogP contribution in [-0.4, -0.2) is 27.2 Å². The summed E-state index contributed by atoms with van der Waals surface area (Å²) in [6.07, 6.45) is 0.580. The van der Waals surface area contributed by atoms with Gasteiger partial charge in [0.15, 0.2) is 0 Å². The van der Waals surface area contributed by atoms with E-state index >= 15 is 0 Å². The molecule has 5 nitrogen and oxygen atoms in total. The first-order valence-electron chi connectivity index (χ1n) is 9.08. The predicted octanol–water partition coefficient (Wildman–Crippen LogP) is 5.31. The molecule has 0 atom stereocenters. The Labute approximate surface area is 166 Å². The molecule has 0 spiro atoms. The SMILES string of the molecule is Cc1ccc(-n2c(-c3ccsc3)nc3ccc(OCCCC(=O)O)cc32)cc1. The lowest BCUT2D eigenvalue weighted by atomic mass is 10.2. The van der Waals surface area contributed by atoms with E-state index in [-0.39, 0.29) is 6.42 Å². The fourth-order valence-electron chi connectivity index (χ4n) is 3.10. The number of hydrogen-bond donors (Lipinski definition) is 1. The summed E-state index contributed by atoms with van der Waals surface area (Å²) in [7, 11) is 0. The molecule has 1 N–H and O–H groups in total. The minimum absolute atomic E-state index is 0.103. The maximum Gasteiger partial charge on any atom is 0.303 e. The highest BCUT2D eigenvalue weighted by Gasteiger charge is 2.15. The van der Waals surface area contributed by atoms with Crippen molar-refractivity contribution in [2.75, 3.05) is 6.61 Å². The summed E-state index contributed by atoms with van der Waals surface area (Å²) >= 11 is 1.64. The second-order valence-electron chi connectivity index (χ2n) is 6.61. The van der Waals surface area contributed by atoms with Crippen molar-refractivity contribution in [3.8, 4) is 22.8 Å². The number of aryl methyl sites for hydroxylation is 1. The molecule has 2 aromatic heterocycles. The van der Waals surface area contributed by atoms with E-state index in [1.807, 2.05) is 23.6 Å². The molecule has 2 aromatic carbocycles. The van der Waals surface area contributed by atoms with Crippen molar-refractivity contribution in [1.29, 1.82) is 0 Å². The number of nitrogens with zero attached hydrogens (tertiary/aromatic N) is 2. The molecule has 4 rings (SSSR count). The second-order valence-corrected chi connectivity index (χ2v) is 7.39. The summed E-state index contributed by atoms with van der Waals surface area (Å²) in [5.41, 5.74) is 5.16. The molecule has 0 unspecified atom stereocenters. The van der Waals surface area contributed by atoms with Crippen LogP contribution in [0, 0.1) is 6.92 Å².